The van der Waals surface area contributed by atoms with Crippen molar-refractivity contribution in [3.8, 4) is 0 Å². The van der Waals surface area contributed by atoms with Crippen molar-refractivity contribution in [1.82, 2.24) is 10.6 Å². The minimum atomic E-state index is -1.44. The maximum atomic E-state index is 12.1. The number of hydrogen-bond acceptors (Lipinski definition) is 6. The number of amides is 2. The third-order valence-electron chi connectivity index (χ3n) is 4.87. The number of nitrogens with one attached hydrogen (secondary N) is 4. The molecule has 0 aromatic heterocycles. The van der Waals surface area contributed by atoms with Crippen LogP contribution in [0.15, 0.2) is 53.6 Å². The SMILES string of the molecule is [N-]=[N+]=Nc1ccc(NC(=S)Nc2ccc([C@H](CNC(=O)N[C@@H](CCC(=O)O)C(=O)O)C(=O)O)cc2)cc1. The minimum absolute atomic E-state index is 0.258. The number of azide groups is 1. The van der Waals surface area contributed by atoms with Crippen LogP contribution in [-0.4, -0.2) is 57.0 Å². The highest BCUT2D eigenvalue weighted by Gasteiger charge is 2.24. The molecule has 194 valence electrons. The van der Waals surface area contributed by atoms with Gasteiger partial charge < -0.3 is 36.6 Å². The number of benzene rings is 2. The molecule has 0 heterocycles. The first kappa shape index (κ1) is 28.4. The zero-order chi connectivity index (χ0) is 27.4. The fraction of sp³-hybridized carbons (Fsp3) is 0.227. The molecule has 0 aliphatic rings. The smallest absolute Gasteiger partial charge is 0.326 e. The molecule has 14 nitrogen and oxygen atoms in total. The first-order chi connectivity index (χ1) is 17.6. The molecule has 0 bridgehead atoms. The van der Waals surface area contributed by atoms with Crippen molar-refractivity contribution >= 4 is 58.3 Å². The summed E-state index contributed by atoms with van der Waals surface area (Å²) in [7, 11) is 0. The number of carboxylic acid groups (broad SMARTS) is 3. The van der Waals surface area contributed by atoms with Crippen molar-refractivity contribution < 1.29 is 34.5 Å². The first-order valence-electron chi connectivity index (χ1n) is 10.6. The highest BCUT2D eigenvalue weighted by molar-refractivity contribution is 7.80. The summed E-state index contributed by atoms with van der Waals surface area (Å²) >= 11 is 5.26. The van der Waals surface area contributed by atoms with Gasteiger partial charge >= 0.3 is 23.9 Å². The lowest BCUT2D eigenvalue weighted by molar-refractivity contribution is -0.141. The van der Waals surface area contributed by atoms with Crippen molar-refractivity contribution in [3.63, 3.8) is 0 Å². The fourth-order valence-electron chi connectivity index (χ4n) is 3.03. The Balaban J connectivity index is 1.94. The van der Waals surface area contributed by atoms with Crippen LogP contribution in [0.1, 0.15) is 24.3 Å². The third kappa shape index (κ3) is 9.71. The predicted molar refractivity (Wildman–Crippen MR) is 137 cm³/mol. The Hall–Kier alpha value is -4.88. The lowest BCUT2D eigenvalue weighted by atomic mass is 9.99. The van der Waals surface area contributed by atoms with Gasteiger partial charge in [0.25, 0.3) is 0 Å². The number of nitrogens with zero attached hydrogens (tertiary/aromatic N) is 3. The average molecular weight is 530 g/mol. The van der Waals surface area contributed by atoms with Crippen molar-refractivity contribution in [2.45, 2.75) is 24.8 Å². The summed E-state index contributed by atoms with van der Waals surface area (Å²) in [4.78, 5) is 48.3. The molecule has 15 heteroatoms. The number of rotatable bonds is 12. The number of aliphatic carboxylic acids is 3. The Morgan fingerprint density at radius 2 is 1.49 bits per heavy atom. The van der Waals surface area contributed by atoms with Crippen LogP contribution >= 0.6 is 12.2 Å². The van der Waals surface area contributed by atoms with Crippen molar-refractivity contribution in [1.29, 1.82) is 0 Å². The number of anilines is 2. The molecule has 2 amide bonds. The summed E-state index contributed by atoms with van der Waals surface area (Å²) in [6.07, 6.45) is -0.787. The van der Waals surface area contributed by atoms with E-state index in [1.807, 2.05) is 0 Å². The maximum Gasteiger partial charge on any atom is 0.326 e. The minimum Gasteiger partial charge on any atom is -0.481 e. The van der Waals surface area contributed by atoms with Crippen LogP contribution in [0.2, 0.25) is 0 Å². The second-order valence-corrected chi connectivity index (χ2v) is 7.91. The van der Waals surface area contributed by atoms with Crippen LogP contribution in [0.5, 0.6) is 0 Å². The van der Waals surface area contributed by atoms with E-state index < -0.39 is 42.3 Å². The van der Waals surface area contributed by atoms with Gasteiger partial charge in [0, 0.05) is 34.9 Å². The van der Waals surface area contributed by atoms with Gasteiger partial charge in [-0.1, -0.05) is 29.4 Å². The van der Waals surface area contributed by atoms with Crippen LogP contribution in [-0.2, 0) is 14.4 Å². The standard InChI is InChI=1S/C22H23N7O7S/c23-29-28-15-7-5-14(6-8-15)26-22(37)25-13-3-1-12(2-4-13)16(19(32)33)11-24-21(36)27-17(20(34)35)9-10-18(30)31/h1-8,16-17H,9-11H2,(H,30,31)(H,32,33)(H,34,35)(H2,24,27,36)(H2,25,26,37)/t16-,17-/m0/s1. The molecule has 2 rings (SSSR count). The summed E-state index contributed by atoms with van der Waals surface area (Å²) in [5, 5.41) is 41.4. The van der Waals surface area contributed by atoms with Crippen LogP contribution in [0, 0.1) is 0 Å². The molecule has 0 saturated carbocycles. The van der Waals surface area contributed by atoms with E-state index in [1.54, 1.807) is 36.4 Å². The van der Waals surface area contributed by atoms with Crippen molar-refractivity contribution in [3.05, 3.63) is 64.5 Å². The molecule has 2 aromatic carbocycles. The van der Waals surface area contributed by atoms with E-state index in [0.29, 0.717) is 22.6 Å². The summed E-state index contributed by atoms with van der Waals surface area (Å²) < 4.78 is 0. The molecule has 0 aliphatic carbocycles. The van der Waals surface area contributed by atoms with Crippen LogP contribution in [0.25, 0.3) is 10.4 Å². The molecule has 37 heavy (non-hydrogen) atoms. The van der Waals surface area contributed by atoms with E-state index in [0.717, 1.165) is 0 Å². The van der Waals surface area contributed by atoms with E-state index in [-0.39, 0.29) is 18.1 Å². The number of carboxylic acids is 3. The second kappa shape index (κ2) is 13.9. The van der Waals surface area contributed by atoms with E-state index in [9.17, 15) is 24.3 Å². The monoisotopic (exact) mass is 529 g/mol. The van der Waals surface area contributed by atoms with Gasteiger partial charge in [0.1, 0.15) is 6.04 Å². The van der Waals surface area contributed by atoms with Gasteiger partial charge in [-0.2, -0.15) is 0 Å². The molecule has 0 radical (unpaired) electrons. The molecular formula is C22H23N7O7S. The van der Waals surface area contributed by atoms with Gasteiger partial charge in [-0.25, -0.2) is 9.59 Å². The lowest BCUT2D eigenvalue weighted by Crippen LogP contribution is -2.47. The molecule has 0 spiro atoms. The number of urea groups is 1. The van der Waals surface area contributed by atoms with Gasteiger partial charge in [-0.3, -0.25) is 9.59 Å². The normalized spacial score (nSPS) is 11.7. The zero-order valence-electron chi connectivity index (χ0n) is 19.1. The summed E-state index contributed by atoms with van der Waals surface area (Å²) in [5.74, 6) is -4.98. The summed E-state index contributed by atoms with van der Waals surface area (Å²) in [6, 6.07) is 10.4. The third-order valence-corrected chi connectivity index (χ3v) is 5.08. The predicted octanol–water partition coefficient (Wildman–Crippen LogP) is 3.22. The van der Waals surface area contributed by atoms with E-state index in [2.05, 4.69) is 31.3 Å². The Kier molecular flexibility index (Phi) is 10.6. The van der Waals surface area contributed by atoms with Gasteiger partial charge in [-0.05, 0) is 54.0 Å². The topological polar surface area (TPSA) is 226 Å². The largest absolute Gasteiger partial charge is 0.481 e. The second-order valence-electron chi connectivity index (χ2n) is 7.51. The van der Waals surface area contributed by atoms with Crippen molar-refractivity contribution in [2.75, 3.05) is 17.2 Å². The van der Waals surface area contributed by atoms with Gasteiger partial charge in [0.15, 0.2) is 5.11 Å². The number of carbonyl (C=O) groups is 4. The van der Waals surface area contributed by atoms with Gasteiger partial charge in [0.05, 0.1) is 5.92 Å². The molecule has 0 fully saturated rings. The molecule has 0 aliphatic heterocycles. The molecule has 0 saturated heterocycles. The van der Waals surface area contributed by atoms with E-state index >= 15 is 0 Å². The molecule has 0 unspecified atom stereocenters. The number of carbonyl (C=O) groups excluding carboxylic acids is 1. The van der Waals surface area contributed by atoms with Gasteiger partial charge in [0.2, 0.25) is 0 Å². The Morgan fingerprint density at radius 3 is 1.97 bits per heavy atom. The highest BCUT2D eigenvalue weighted by atomic mass is 32.1. The van der Waals surface area contributed by atoms with Crippen LogP contribution in [0.4, 0.5) is 21.9 Å². The summed E-state index contributed by atoms with van der Waals surface area (Å²) in [6.45, 7) is -0.342. The van der Waals surface area contributed by atoms with Crippen LogP contribution < -0.4 is 21.3 Å². The zero-order valence-corrected chi connectivity index (χ0v) is 19.9. The molecular weight excluding hydrogens is 506 g/mol. The van der Waals surface area contributed by atoms with Gasteiger partial charge in [-0.15, -0.1) is 0 Å². The average Bonchev–Trinajstić information content (AvgIpc) is 2.83. The maximum absolute atomic E-state index is 12.1. The van der Waals surface area contributed by atoms with Crippen molar-refractivity contribution in [2.24, 2.45) is 5.11 Å². The molecule has 7 N–H and O–H groups in total. The number of hydrogen-bond donors (Lipinski definition) is 7. The summed E-state index contributed by atoms with van der Waals surface area (Å²) in [5.41, 5.74) is 10.5. The van der Waals surface area contributed by atoms with E-state index in [4.69, 9.17) is 28.0 Å². The Labute approximate surface area is 215 Å². The van der Waals surface area contributed by atoms with Crippen LogP contribution in [0.3, 0.4) is 0 Å². The highest BCUT2D eigenvalue weighted by Crippen LogP contribution is 2.20. The number of thiocarbonyl (C=S) groups is 1. The first-order valence-corrected chi connectivity index (χ1v) is 11.0. The molecule has 2 aromatic rings. The fourth-order valence-corrected chi connectivity index (χ4v) is 3.27. The lowest BCUT2D eigenvalue weighted by Gasteiger charge is -2.17. The molecule has 2 atom stereocenters. The Bertz CT molecular complexity index is 1200. The Morgan fingerprint density at radius 1 is 0.919 bits per heavy atom. The van der Waals surface area contributed by atoms with E-state index in [1.165, 1.54) is 12.1 Å². The quantitative estimate of drug-likeness (QED) is 0.0919.